The van der Waals surface area contributed by atoms with E-state index in [-0.39, 0.29) is 29.2 Å². The lowest BCUT2D eigenvalue weighted by Crippen LogP contribution is -2.36. The quantitative estimate of drug-likeness (QED) is 0.645. The highest BCUT2D eigenvalue weighted by atomic mass is 16.3. The summed E-state index contributed by atoms with van der Waals surface area (Å²) in [6.45, 7) is 3.97. The van der Waals surface area contributed by atoms with Crippen molar-refractivity contribution < 1.29 is 9.90 Å². The number of rotatable bonds is 4. The maximum atomic E-state index is 11.5. The summed E-state index contributed by atoms with van der Waals surface area (Å²) in [5.74, 6) is -0.377. The van der Waals surface area contributed by atoms with Crippen molar-refractivity contribution in [3.05, 3.63) is 28.4 Å². The third-order valence-electron chi connectivity index (χ3n) is 2.06. The molecule has 88 valence electrons. The summed E-state index contributed by atoms with van der Waals surface area (Å²) in [5.41, 5.74) is -0.585. The molecule has 0 unspecified atom stereocenters. The molecule has 3 N–H and O–H groups in total. The molecule has 0 atom stereocenters. The molecule has 0 aliphatic carbocycles. The highest BCUT2D eigenvalue weighted by Gasteiger charge is 2.18. The first-order valence-electron chi connectivity index (χ1n) is 4.88. The Balaban J connectivity index is 2.60. The second kappa shape index (κ2) is 4.89. The number of carbonyl (C=O) groups is 1. The number of aliphatic hydroxyl groups excluding tert-OH is 1. The second-order valence-electron chi connectivity index (χ2n) is 4.30. The fourth-order valence-corrected chi connectivity index (χ4v) is 0.932. The summed E-state index contributed by atoms with van der Waals surface area (Å²) in [4.78, 5) is 28.3. The van der Waals surface area contributed by atoms with Gasteiger partial charge >= 0.3 is 0 Å². The number of nitrogens with zero attached hydrogens (tertiary/aromatic N) is 1. The lowest BCUT2D eigenvalue weighted by molar-refractivity contribution is 0.0905. The Morgan fingerprint density at radius 3 is 2.81 bits per heavy atom. The van der Waals surface area contributed by atoms with Gasteiger partial charge in [0.1, 0.15) is 5.69 Å². The topological polar surface area (TPSA) is 95.1 Å². The van der Waals surface area contributed by atoms with Crippen LogP contribution in [0.5, 0.6) is 0 Å². The average molecular weight is 225 g/mol. The fourth-order valence-electron chi connectivity index (χ4n) is 0.932. The molecule has 0 aliphatic heterocycles. The van der Waals surface area contributed by atoms with Gasteiger partial charge in [-0.05, 0) is 0 Å². The second-order valence-corrected chi connectivity index (χ2v) is 4.30. The summed E-state index contributed by atoms with van der Waals surface area (Å²) in [5, 5.41) is 11.6. The van der Waals surface area contributed by atoms with Crippen LogP contribution in [-0.2, 0) is 0 Å². The van der Waals surface area contributed by atoms with Crippen LogP contribution in [0.4, 0.5) is 0 Å². The Morgan fingerprint density at radius 2 is 2.31 bits per heavy atom. The van der Waals surface area contributed by atoms with Gasteiger partial charge in [-0.2, -0.15) is 0 Å². The van der Waals surface area contributed by atoms with Gasteiger partial charge in [-0.25, -0.2) is 4.98 Å². The highest BCUT2D eigenvalue weighted by molar-refractivity contribution is 5.91. The van der Waals surface area contributed by atoms with Crippen LogP contribution in [0.15, 0.2) is 17.2 Å². The summed E-state index contributed by atoms with van der Waals surface area (Å²) >= 11 is 0. The summed E-state index contributed by atoms with van der Waals surface area (Å²) < 4.78 is 0. The SMILES string of the molecule is CC(C)(CO)CNC(=O)c1c[nH]c(=O)cn1. The van der Waals surface area contributed by atoms with E-state index in [2.05, 4.69) is 15.3 Å². The predicted octanol–water partition coefficient (Wildman–Crippen LogP) is -0.482. The van der Waals surface area contributed by atoms with E-state index in [0.29, 0.717) is 6.54 Å². The van der Waals surface area contributed by atoms with Gasteiger partial charge in [-0.15, -0.1) is 0 Å². The Kier molecular flexibility index (Phi) is 3.78. The summed E-state index contributed by atoms with van der Waals surface area (Å²) in [7, 11) is 0. The molecule has 0 saturated carbocycles. The molecule has 0 spiro atoms. The van der Waals surface area contributed by atoms with Crippen molar-refractivity contribution in [1.29, 1.82) is 0 Å². The van der Waals surface area contributed by atoms with Crippen molar-refractivity contribution in [2.45, 2.75) is 13.8 Å². The van der Waals surface area contributed by atoms with Gasteiger partial charge in [0, 0.05) is 24.8 Å². The number of aliphatic hydroxyl groups is 1. The lowest BCUT2D eigenvalue weighted by atomic mass is 9.95. The number of hydrogen-bond acceptors (Lipinski definition) is 4. The Morgan fingerprint density at radius 1 is 1.62 bits per heavy atom. The molecule has 1 amide bonds. The highest BCUT2D eigenvalue weighted by Crippen LogP contribution is 2.11. The Labute approximate surface area is 92.7 Å². The van der Waals surface area contributed by atoms with Crippen molar-refractivity contribution in [3.8, 4) is 0 Å². The largest absolute Gasteiger partial charge is 0.396 e. The molecule has 0 radical (unpaired) electrons. The minimum absolute atomic E-state index is 0.0215. The summed E-state index contributed by atoms with van der Waals surface area (Å²) in [6.07, 6.45) is 2.30. The molecular formula is C10H15N3O3. The molecule has 6 nitrogen and oxygen atoms in total. The maximum absolute atomic E-state index is 11.5. The van der Waals surface area contributed by atoms with Crippen molar-refractivity contribution in [2.75, 3.05) is 13.2 Å². The molecule has 1 aromatic heterocycles. The predicted molar refractivity (Wildman–Crippen MR) is 58.1 cm³/mol. The Bertz CT molecular complexity index is 405. The zero-order valence-corrected chi connectivity index (χ0v) is 9.28. The molecule has 1 rings (SSSR count). The molecule has 6 heteroatoms. The van der Waals surface area contributed by atoms with Crippen molar-refractivity contribution in [1.82, 2.24) is 15.3 Å². The zero-order chi connectivity index (χ0) is 12.2. The third-order valence-corrected chi connectivity index (χ3v) is 2.06. The normalized spacial score (nSPS) is 11.2. The molecular weight excluding hydrogens is 210 g/mol. The number of aromatic nitrogens is 2. The van der Waals surface area contributed by atoms with Crippen LogP contribution < -0.4 is 10.9 Å². The molecule has 0 aromatic carbocycles. The van der Waals surface area contributed by atoms with Crippen LogP contribution in [-0.4, -0.2) is 34.1 Å². The standard InChI is InChI=1S/C10H15N3O3/c1-10(2,6-14)5-13-9(16)7-3-12-8(15)4-11-7/h3-4,14H,5-6H2,1-2H3,(H,12,15)(H,13,16). The van der Waals surface area contributed by atoms with E-state index < -0.39 is 0 Å². The van der Waals surface area contributed by atoms with Gasteiger partial charge in [-0.1, -0.05) is 13.8 Å². The van der Waals surface area contributed by atoms with Gasteiger partial charge in [0.15, 0.2) is 0 Å². The monoisotopic (exact) mass is 225 g/mol. The van der Waals surface area contributed by atoms with Crippen molar-refractivity contribution >= 4 is 5.91 Å². The Hall–Kier alpha value is -1.69. The minimum atomic E-state index is -0.377. The van der Waals surface area contributed by atoms with Crippen LogP contribution in [0.2, 0.25) is 0 Å². The fraction of sp³-hybridized carbons (Fsp3) is 0.500. The first kappa shape index (κ1) is 12.4. The molecule has 1 heterocycles. The van der Waals surface area contributed by atoms with Crippen LogP contribution in [0.25, 0.3) is 0 Å². The number of amides is 1. The van der Waals surface area contributed by atoms with E-state index in [0.717, 1.165) is 6.20 Å². The number of nitrogens with one attached hydrogen (secondary N) is 2. The molecule has 0 fully saturated rings. The van der Waals surface area contributed by atoms with Gasteiger partial charge < -0.3 is 15.4 Å². The number of carbonyl (C=O) groups excluding carboxylic acids is 1. The number of hydrogen-bond donors (Lipinski definition) is 3. The third kappa shape index (κ3) is 3.47. The molecule has 16 heavy (non-hydrogen) atoms. The van der Waals surface area contributed by atoms with Gasteiger partial charge in [-0.3, -0.25) is 9.59 Å². The van der Waals surface area contributed by atoms with Crippen LogP contribution in [0.1, 0.15) is 24.3 Å². The van der Waals surface area contributed by atoms with E-state index in [9.17, 15) is 9.59 Å². The van der Waals surface area contributed by atoms with E-state index >= 15 is 0 Å². The molecule has 1 aromatic rings. The van der Waals surface area contributed by atoms with E-state index in [1.165, 1.54) is 6.20 Å². The van der Waals surface area contributed by atoms with Crippen LogP contribution >= 0.6 is 0 Å². The maximum Gasteiger partial charge on any atom is 0.271 e. The molecule has 0 aliphatic rings. The van der Waals surface area contributed by atoms with Gasteiger partial charge in [0.2, 0.25) is 0 Å². The van der Waals surface area contributed by atoms with Crippen LogP contribution in [0.3, 0.4) is 0 Å². The molecule has 0 saturated heterocycles. The van der Waals surface area contributed by atoms with E-state index in [1.807, 2.05) is 13.8 Å². The zero-order valence-electron chi connectivity index (χ0n) is 9.28. The smallest absolute Gasteiger partial charge is 0.271 e. The van der Waals surface area contributed by atoms with Gasteiger partial charge in [0.25, 0.3) is 11.5 Å². The van der Waals surface area contributed by atoms with E-state index in [4.69, 9.17) is 5.11 Å². The number of aromatic amines is 1. The molecule has 0 bridgehead atoms. The van der Waals surface area contributed by atoms with Crippen molar-refractivity contribution in [2.24, 2.45) is 5.41 Å². The summed E-state index contributed by atoms with van der Waals surface area (Å²) in [6, 6.07) is 0. The van der Waals surface area contributed by atoms with Crippen LogP contribution in [0, 0.1) is 5.41 Å². The van der Waals surface area contributed by atoms with E-state index in [1.54, 1.807) is 0 Å². The van der Waals surface area contributed by atoms with Crippen molar-refractivity contribution in [3.63, 3.8) is 0 Å². The number of H-pyrrole nitrogens is 1. The first-order chi connectivity index (χ1) is 7.44. The minimum Gasteiger partial charge on any atom is -0.396 e. The van der Waals surface area contributed by atoms with Gasteiger partial charge in [0.05, 0.1) is 6.20 Å². The lowest BCUT2D eigenvalue weighted by Gasteiger charge is -2.21. The first-order valence-corrected chi connectivity index (χ1v) is 4.88. The average Bonchev–Trinajstić information content (AvgIpc) is 2.27.